The maximum atomic E-state index is 12.4. The monoisotopic (exact) mass is 343 g/mol. The van der Waals surface area contributed by atoms with E-state index >= 15 is 0 Å². The van der Waals surface area contributed by atoms with Gasteiger partial charge < -0.3 is 10.6 Å². The van der Waals surface area contributed by atoms with Crippen LogP contribution in [0, 0.1) is 18.3 Å². The lowest BCUT2D eigenvalue weighted by Gasteiger charge is -2.08. The van der Waals surface area contributed by atoms with E-state index in [4.69, 9.17) is 5.26 Å². The molecule has 2 N–H and O–H groups in total. The van der Waals surface area contributed by atoms with E-state index in [2.05, 4.69) is 20.6 Å². The number of hydrogen-bond donors (Lipinski definition) is 2. The summed E-state index contributed by atoms with van der Waals surface area (Å²) in [7, 11) is 0. The minimum absolute atomic E-state index is 0.221. The van der Waals surface area contributed by atoms with Crippen LogP contribution in [0.15, 0.2) is 60.8 Å². The second-order valence-electron chi connectivity index (χ2n) is 5.72. The largest absolute Gasteiger partial charge is 0.350 e. The number of anilines is 2. The molecule has 26 heavy (non-hydrogen) atoms. The predicted molar refractivity (Wildman–Crippen MR) is 99.6 cm³/mol. The summed E-state index contributed by atoms with van der Waals surface area (Å²) in [5, 5.41) is 14.9. The maximum Gasteiger partial charge on any atom is 0.274 e. The zero-order chi connectivity index (χ0) is 18.4. The molecule has 1 amide bonds. The maximum absolute atomic E-state index is 12.4. The highest BCUT2D eigenvalue weighted by molar-refractivity contribution is 6.03. The van der Waals surface area contributed by atoms with Gasteiger partial charge in [0.25, 0.3) is 5.91 Å². The van der Waals surface area contributed by atoms with Crippen molar-refractivity contribution in [1.29, 1.82) is 5.26 Å². The van der Waals surface area contributed by atoms with Gasteiger partial charge >= 0.3 is 0 Å². The third-order valence-corrected chi connectivity index (χ3v) is 3.76. The summed E-state index contributed by atoms with van der Waals surface area (Å²) in [6, 6.07) is 18.5. The van der Waals surface area contributed by atoms with Crippen molar-refractivity contribution < 1.29 is 4.79 Å². The number of rotatable bonds is 5. The van der Waals surface area contributed by atoms with Crippen LogP contribution in [0.25, 0.3) is 0 Å². The zero-order valence-corrected chi connectivity index (χ0v) is 14.2. The van der Waals surface area contributed by atoms with E-state index in [0.717, 1.165) is 5.56 Å². The number of nitrogens with zero attached hydrogens (tertiary/aromatic N) is 3. The summed E-state index contributed by atoms with van der Waals surface area (Å²) in [6.45, 7) is 2.59. The normalized spacial score (nSPS) is 10.0. The minimum atomic E-state index is -0.395. The molecular weight excluding hydrogens is 326 g/mol. The highest BCUT2D eigenvalue weighted by Gasteiger charge is 2.11. The summed E-state index contributed by atoms with van der Waals surface area (Å²) in [6.07, 6.45) is 1.52. The Balaban J connectivity index is 1.69. The topological polar surface area (TPSA) is 90.7 Å². The average Bonchev–Trinajstić information content (AvgIpc) is 2.68. The van der Waals surface area contributed by atoms with Gasteiger partial charge in [-0.05, 0) is 30.7 Å². The molecular formula is C20H17N5O. The molecule has 6 nitrogen and oxygen atoms in total. The van der Waals surface area contributed by atoms with Gasteiger partial charge in [-0.25, -0.2) is 9.97 Å². The molecule has 0 bridgehead atoms. The number of carbonyl (C=O) groups is 1. The van der Waals surface area contributed by atoms with Gasteiger partial charge in [-0.3, -0.25) is 4.79 Å². The number of aromatic nitrogens is 2. The van der Waals surface area contributed by atoms with E-state index in [9.17, 15) is 4.79 Å². The van der Waals surface area contributed by atoms with Crippen LogP contribution in [-0.2, 0) is 6.54 Å². The van der Waals surface area contributed by atoms with Crippen LogP contribution >= 0.6 is 0 Å². The lowest BCUT2D eigenvalue weighted by molar-refractivity contribution is 0.102. The molecule has 3 aromatic rings. The SMILES string of the molecule is Cc1ccc(CNc2nccc(C(=O)Nc3ccccc3C#N)n2)cc1. The number of nitriles is 1. The van der Waals surface area contributed by atoms with E-state index in [1.165, 1.54) is 17.8 Å². The van der Waals surface area contributed by atoms with Crippen LogP contribution in [0.5, 0.6) is 0 Å². The van der Waals surface area contributed by atoms with Crippen molar-refractivity contribution in [2.24, 2.45) is 0 Å². The molecule has 3 rings (SSSR count). The highest BCUT2D eigenvalue weighted by Crippen LogP contribution is 2.15. The third-order valence-electron chi connectivity index (χ3n) is 3.76. The van der Waals surface area contributed by atoms with Gasteiger partial charge in [-0.1, -0.05) is 42.0 Å². The Morgan fingerprint density at radius 1 is 1.12 bits per heavy atom. The number of hydrogen-bond acceptors (Lipinski definition) is 5. The zero-order valence-electron chi connectivity index (χ0n) is 14.2. The third kappa shape index (κ3) is 4.22. The van der Waals surface area contributed by atoms with Crippen LogP contribution < -0.4 is 10.6 Å². The van der Waals surface area contributed by atoms with Crippen molar-refractivity contribution in [2.45, 2.75) is 13.5 Å². The number of benzene rings is 2. The van der Waals surface area contributed by atoms with Crippen LogP contribution in [0.3, 0.4) is 0 Å². The van der Waals surface area contributed by atoms with Crippen LogP contribution in [0.1, 0.15) is 27.2 Å². The van der Waals surface area contributed by atoms with Crippen molar-refractivity contribution in [3.05, 3.63) is 83.2 Å². The van der Waals surface area contributed by atoms with Gasteiger partial charge in [0.1, 0.15) is 11.8 Å². The molecule has 0 spiro atoms. The van der Waals surface area contributed by atoms with E-state index in [-0.39, 0.29) is 5.69 Å². The average molecular weight is 343 g/mol. The fourth-order valence-corrected chi connectivity index (χ4v) is 2.33. The molecule has 6 heteroatoms. The van der Waals surface area contributed by atoms with Gasteiger partial charge in [-0.2, -0.15) is 5.26 Å². The number of para-hydroxylation sites is 1. The molecule has 0 aliphatic carbocycles. The van der Waals surface area contributed by atoms with Crippen molar-refractivity contribution in [3.63, 3.8) is 0 Å². The van der Waals surface area contributed by atoms with Gasteiger partial charge in [0.15, 0.2) is 0 Å². The van der Waals surface area contributed by atoms with E-state index in [0.29, 0.717) is 23.7 Å². The Kier molecular flexibility index (Phi) is 5.20. The summed E-state index contributed by atoms with van der Waals surface area (Å²) in [5.74, 6) is -0.0275. The first-order valence-electron chi connectivity index (χ1n) is 8.08. The molecule has 0 unspecified atom stereocenters. The molecule has 0 aliphatic rings. The van der Waals surface area contributed by atoms with Gasteiger partial charge in [0, 0.05) is 12.7 Å². The summed E-state index contributed by atoms with van der Waals surface area (Å²) in [5.41, 5.74) is 3.36. The molecule has 0 aliphatic heterocycles. The smallest absolute Gasteiger partial charge is 0.274 e. The minimum Gasteiger partial charge on any atom is -0.350 e. The molecule has 128 valence electrons. The van der Waals surface area contributed by atoms with Crippen molar-refractivity contribution in [2.75, 3.05) is 10.6 Å². The standard InChI is InChI=1S/C20H17N5O/c1-14-6-8-15(9-7-14)13-23-20-22-11-10-18(25-20)19(26)24-17-5-3-2-4-16(17)12-21/h2-11H,13H2,1H3,(H,24,26)(H,22,23,25). The Bertz CT molecular complexity index is 960. The molecule has 0 saturated heterocycles. The molecule has 2 aromatic carbocycles. The quantitative estimate of drug-likeness (QED) is 0.739. The Morgan fingerprint density at radius 3 is 2.65 bits per heavy atom. The Morgan fingerprint density at radius 2 is 1.88 bits per heavy atom. The van der Waals surface area contributed by atoms with Gasteiger partial charge in [0.2, 0.25) is 5.95 Å². The first-order valence-corrected chi connectivity index (χ1v) is 8.08. The van der Waals surface area contributed by atoms with Crippen molar-refractivity contribution in [1.82, 2.24) is 9.97 Å². The van der Waals surface area contributed by atoms with Crippen molar-refractivity contribution >= 4 is 17.5 Å². The number of carbonyl (C=O) groups excluding carboxylic acids is 1. The summed E-state index contributed by atoms with van der Waals surface area (Å²) in [4.78, 5) is 20.8. The molecule has 1 aromatic heterocycles. The lowest BCUT2D eigenvalue weighted by Crippen LogP contribution is -2.16. The lowest BCUT2D eigenvalue weighted by atomic mass is 10.1. The Hall–Kier alpha value is -3.72. The van der Waals surface area contributed by atoms with Crippen molar-refractivity contribution in [3.8, 4) is 6.07 Å². The molecule has 0 atom stereocenters. The fraction of sp³-hybridized carbons (Fsp3) is 0.100. The predicted octanol–water partition coefficient (Wildman–Crippen LogP) is 3.52. The highest BCUT2D eigenvalue weighted by atomic mass is 16.1. The summed E-state index contributed by atoms with van der Waals surface area (Å²) < 4.78 is 0. The Labute approximate surface area is 151 Å². The summed E-state index contributed by atoms with van der Waals surface area (Å²) >= 11 is 0. The first kappa shape index (κ1) is 17.1. The molecule has 0 fully saturated rings. The van der Waals surface area contributed by atoms with Gasteiger partial charge in [-0.15, -0.1) is 0 Å². The molecule has 0 saturated carbocycles. The second kappa shape index (κ2) is 7.90. The number of amides is 1. The van der Waals surface area contributed by atoms with Gasteiger partial charge in [0.05, 0.1) is 11.3 Å². The van der Waals surface area contributed by atoms with E-state index < -0.39 is 5.91 Å². The number of aryl methyl sites for hydroxylation is 1. The molecule has 1 heterocycles. The fourth-order valence-electron chi connectivity index (χ4n) is 2.33. The first-order chi connectivity index (χ1) is 12.7. The van der Waals surface area contributed by atoms with E-state index in [1.807, 2.05) is 37.3 Å². The molecule has 0 radical (unpaired) electrons. The van der Waals surface area contributed by atoms with E-state index in [1.54, 1.807) is 24.3 Å². The van der Waals surface area contributed by atoms with Crippen LogP contribution in [0.4, 0.5) is 11.6 Å². The van der Waals surface area contributed by atoms with Crippen LogP contribution in [-0.4, -0.2) is 15.9 Å². The second-order valence-corrected chi connectivity index (χ2v) is 5.72. The van der Waals surface area contributed by atoms with Crippen LogP contribution in [0.2, 0.25) is 0 Å². The number of nitrogens with one attached hydrogen (secondary N) is 2.